The number of nitro groups is 1. The van der Waals surface area contributed by atoms with E-state index in [0.717, 1.165) is 48.5 Å². The topological polar surface area (TPSA) is 89.2 Å². The van der Waals surface area contributed by atoms with E-state index in [2.05, 4.69) is 22.4 Å². The van der Waals surface area contributed by atoms with E-state index in [9.17, 15) is 10.1 Å². The Balaban J connectivity index is 1.62. The first kappa shape index (κ1) is 21.1. The molecule has 2 heterocycles. The summed E-state index contributed by atoms with van der Waals surface area (Å²) in [4.78, 5) is 13.9. The van der Waals surface area contributed by atoms with Gasteiger partial charge < -0.3 is 19.8 Å². The molecule has 1 N–H and O–H groups in total. The summed E-state index contributed by atoms with van der Waals surface area (Å²) in [7, 11) is 1.50. The molecule has 4 rings (SSSR count). The van der Waals surface area contributed by atoms with Crippen molar-refractivity contribution in [3.63, 3.8) is 0 Å². The zero-order valence-corrected chi connectivity index (χ0v) is 18.1. The molecule has 2 aromatic rings. The molecule has 8 heteroatoms. The molecule has 0 aliphatic carbocycles. The van der Waals surface area contributed by atoms with Crippen LogP contribution in [0, 0.1) is 23.0 Å². The molecule has 0 radical (unpaired) electrons. The van der Waals surface area contributed by atoms with Crippen LogP contribution in [0.1, 0.15) is 36.1 Å². The van der Waals surface area contributed by atoms with E-state index in [-0.39, 0.29) is 30.0 Å². The van der Waals surface area contributed by atoms with Crippen LogP contribution >= 0.6 is 0 Å². The Morgan fingerprint density at radius 3 is 2.74 bits per heavy atom. The van der Waals surface area contributed by atoms with Crippen LogP contribution in [-0.4, -0.2) is 42.3 Å². The number of methoxy groups -OCH3 is 1. The predicted molar refractivity (Wildman–Crippen MR) is 119 cm³/mol. The summed E-state index contributed by atoms with van der Waals surface area (Å²) in [5.41, 5.74) is 7.10. The van der Waals surface area contributed by atoms with Gasteiger partial charge in [-0.15, -0.1) is 0 Å². The van der Waals surface area contributed by atoms with E-state index < -0.39 is 4.92 Å². The fourth-order valence-electron chi connectivity index (χ4n) is 4.27. The number of aryl methyl sites for hydroxylation is 1. The second kappa shape index (κ2) is 8.93. The van der Waals surface area contributed by atoms with Crippen molar-refractivity contribution < 1.29 is 14.4 Å². The summed E-state index contributed by atoms with van der Waals surface area (Å²) < 4.78 is 11.4. The number of hydrazone groups is 1. The Bertz CT molecular complexity index is 990. The van der Waals surface area contributed by atoms with Crippen molar-refractivity contribution in [1.82, 2.24) is 10.3 Å². The van der Waals surface area contributed by atoms with Gasteiger partial charge in [0, 0.05) is 37.2 Å². The van der Waals surface area contributed by atoms with E-state index in [0.29, 0.717) is 5.75 Å². The molecule has 0 amide bonds. The summed E-state index contributed by atoms with van der Waals surface area (Å²) >= 11 is 0. The molecule has 0 saturated carbocycles. The lowest BCUT2D eigenvalue weighted by Gasteiger charge is -2.32. The molecule has 1 fully saturated rings. The molecule has 2 aliphatic rings. The van der Waals surface area contributed by atoms with Crippen molar-refractivity contribution in [2.24, 2.45) is 11.0 Å². The van der Waals surface area contributed by atoms with Gasteiger partial charge in [-0.3, -0.25) is 10.1 Å². The zero-order chi connectivity index (χ0) is 22.0. The van der Waals surface area contributed by atoms with Crippen LogP contribution in [0.15, 0.2) is 41.5 Å². The molecule has 0 bridgehead atoms. The molecule has 8 nitrogen and oxygen atoms in total. The van der Waals surface area contributed by atoms with E-state index in [1.54, 1.807) is 6.07 Å². The van der Waals surface area contributed by atoms with Gasteiger partial charge >= 0.3 is 5.69 Å². The quantitative estimate of drug-likeness (QED) is 0.537. The molecule has 1 saturated heterocycles. The monoisotopic (exact) mass is 424 g/mol. The van der Waals surface area contributed by atoms with Crippen LogP contribution < -0.4 is 14.9 Å². The average Bonchev–Trinajstić information content (AvgIpc) is 3.21. The van der Waals surface area contributed by atoms with Crippen molar-refractivity contribution in [2.45, 2.75) is 32.9 Å². The second-order valence-corrected chi connectivity index (χ2v) is 8.06. The third-order valence-corrected chi connectivity index (χ3v) is 6.10. The minimum Gasteiger partial charge on any atom is -0.493 e. The number of ether oxygens (including phenoxy) is 2. The van der Waals surface area contributed by atoms with Gasteiger partial charge in [0.15, 0.2) is 5.75 Å². The predicted octanol–water partition coefficient (Wildman–Crippen LogP) is 3.83. The lowest BCUT2D eigenvalue weighted by molar-refractivity contribution is -0.386. The third-order valence-electron chi connectivity index (χ3n) is 6.10. The van der Waals surface area contributed by atoms with Gasteiger partial charge in [-0.25, -0.2) is 0 Å². The third kappa shape index (κ3) is 4.34. The van der Waals surface area contributed by atoms with Gasteiger partial charge in [0.05, 0.1) is 18.1 Å². The van der Waals surface area contributed by atoms with Gasteiger partial charge in [0.25, 0.3) is 0 Å². The Morgan fingerprint density at radius 1 is 1.29 bits per heavy atom. The van der Waals surface area contributed by atoms with Crippen molar-refractivity contribution in [2.75, 3.05) is 26.7 Å². The number of benzene rings is 2. The highest BCUT2D eigenvalue weighted by Gasteiger charge is 2.38. The molecule has 0 spiro atoms. The van der Waals surface area contributed by atoms with Crippen LogP contribution in [0.4, 0.5) is 5.69 Å². The van der Waals surface area contributed by atoms with Crippen molar-refractivity contribution in [3.05, 3.63) is 63.2 Å². The van der Waals surface area contributed by atoms with Crippen LogP contribution in [0.2, 0.25) is 0 Å². The standard InChI is InChI=1S/C23H28N4O4/c1-4-26-10-9-19-18(13-26)22(25-24-19)17-11-20(27(28)29)23(21(12-17)30-3)31-14-16-7-5-15(2)6-8-16/h5-8,11-12,18,22,25H,4,9-10,13-14H2,1-3H3. The number of nitrogens with one attached hydrogen (secondary N) is 1. The number of likely N-dealkylation sites (tertiary alicyclic amines) is 1. The number of hydrogen-bond acceptors (Lipinski definition) is 7. The van der Waals surface area contributed by atoms with E-state index in [1.807, 2.05) is 37.3 Å². The van der Waals surface area contributed by atoms with Crippen LogP contribution in [0.3, 0.4) is 0 Å². The number of fused-ring (bicyclic) bond motifs is 1. The first-order valence-electron chi connectivity index (χ1n) is 10.6. The Hall–Kier alpha value is -3.13. The van der Waals surface area contributed by atoms with Crippen molar-refractivity contribution in [1.29, 1.82) is 0 Å². The van der Waals surface area contributed by atoms with Crippen LogP contribution in [0.25, 0.3) is 0 Å². The minimum atomic E-state index is -0.410. The maximum absolute atomic E-state index is 11.9. The van der Waals surface area contributed by atoms with Crippen LogP contribution in [-0.2, 0) is 6.61 Å². The van der Waals surface area contributed by atoms with Gasteiger partial charge in [0.2, 0.25) is 5.75 Å². The van der Waals surface area contributed by atoms with Gasteiger partial charge in [-0.1, -0.05) is 36.8 Å². The number of rotatable bonds is 7. The number of nitrogens with zero attached hydrogens (tertiary/aromatic N) is 3. The highest BCUT2D eigenvalue weighted by atomic mass is 16.6. The van der Waals surface area contributed by atoms with Gasteiger partial charge in [0.1, 0.15) is 6.61 Å². The smallest absolute Gasteiger partial charge is 0.315 e. The lowest BCUT2D eigenvalue weighted by Crippen LogP contribution is -2.41. The molecule has 0 aromatic heterocycles. The van der Waals surface area contributed by atoms with Gasteiger partial charge in [-0.2, -0.15) is 5.10 Å². The highest BCUT2D eigenvalue weighted by molar-refractivity contribution is 5.90. The first-order valence-corrected chi connectivity index (χ1v) is 10.6. The maximum atomic E-state index is 11.9. The SMILES string of the molecule is CCN1CCC2=NNC(c3cc(OC)c(OCc4ccc(C)cc4)c([N+](=O)[O-])c3)C2C1. The summed E-state index contributed by atoms with van der Waals surface area (Å²) in [5, 5.41) is 16.4. The minimum absolute atomic E-state index is 0.0973. The van der Waals surface area contributed by atoms with E-state index in [4.69, 9.17) is 9.47 Å². The highest BCUT2D eigenvalue weighted by Crippen LogP contribution is 2.43. The summed E-state index contributed by atoms with van der Waals surface area (Å²) in [5.74, 6) is 0.696. The Kier molecular flexibility index (Phi) is 6.08. The molecular formula is C23H28N4O4. The number of hydrogen-bond donors (Lipinski definition) is 1. The molecule has 2 unspecified atom stereocenters. The van der Waals surface area contributed by atoms with E-state index in [1.165, 1.54) is 7.11 Å². The molecule has 31 heavy (non-hydrogen) atoms. The lowest BCUT2D eigenvalue weighted by atomic mass is 9.86. The first-order chi connectivity index (χ1) is 15.0. The number of nitro benzene ring substituents is 1. The largest absolute Gasteiger partial charge is 0.493 e. The van der Waals surface area contributed by atoms with E-state index >= 15 is 0 Å². The van der Waals surface area contributed by atoms with Crippen LogP contribution in [0.5, 0.6) is 11.5 Å². The zero-order valence-electron chi connectivity index (χ0n) is 18.1. The Morgan fingerprint density at radius 2 is 2.06 bits per heavy atom. The van der Waals surface area contributed by atoms with Gasteiger partial charge in [-0.05, 0) is 30.7 Å². The Labute approximate surface area is 182 Å². The average molecular weight is 425 g/mol. The summed E-state index contributed by atoms with van der Waals surface area (Å²) in [6.45, 7) is 7.24. The fourth-order valence-corrected chi connectivity index (χ4v) is 4.27. The molecule has 2 aliphatic heterocycles. The summed E-state index contributed by atoms with van der Waals surface area (Å²) in [6, 6.07) is 11.2. The maximum Gasteiger partial charge on any atom is 0.315 e. The van der Waals surface area contributed by atoms with Crippen molar-refractivity contribution >= 4 is 11.4 Å². The second-order valence-electron chi connectivity index (χ2n) is 8.06. The normalized spacial score (nSPS) is 20.5. The molecule has 2 atom stereocenters. The fraction of sp³-hybridized carbons (Fsp3) is 0.435. The molecule has 164 valence electrons. The number of piperidine rings is 1. The molecular weight excluding hydrogens is 396 g/mol. The molecule has 2 aromatic carbocycles. The van der Waals surface area contributed by atoms with Crippen molar-refractivity contribution in [3.8, 4) is 11.5 Å². The summed E-state index contributed by atoms with van der Waals surface area (Å²) in [6.07, 6.45) is 0.916.